The van der Waals surface area contributed by atoms with Crippen LogP contribution in [0, 0.1) is 0 Å². The normalized spacial score (nSPS) is 11.5. The van der Waals surface area contributed by atoms with Gasteiger partial charge in [0, 0.05) is 13.0 Å². The molecule has 0 unspecified atom stereocenters. The second kappa shape index (κ2) is 6.87. The van der Waals surface area contributed by atoms with Gasteiger partial charge in [-0.05, 0) is 33.2 Å². The molecule has 0 atom stereocenters. The fourth-order valence-electron chi connectivity index (χ4n) is 0.954. The van der Waals surface area contributed by atoms with Gasteiger partial charge in [-0.1, -0.05) is 11.6 Å². The summed E-state index contributed by atoms with van der Waals surface area (Å²) in [6, 6.07) is 0. The highest BCUT2D eigenvalue weighted by Gasteiger charge is 2.25. The number of allylic oxidation sites excluding steroid dienone is 1. The first-order chi connectivity index (χ1) is 6.42. The zero-order valence-electron chi connectivity index (χ0n) is 8.75. The zero-order valence-corrected chi connectivity index (χ0v) is 8.75. The minimum atomic E-state index is -4.00. The fraction of sp³-hybridized carbons (Fsp3) is 0.800. The van der Waals surface area contributed by atoms with Crippen molar-refractivity contribution in [1.82, 2.24) is 5.32 Å². The number of unbranched alkanes of at least 4 members (excludes halogenated alkanes) is 1. The minimum Gasteiger partial charge on any atom is -0.313 e. The van der Waals surface area contributed by atoms with Crippen molar-refractivity contribution in [2.24, 2.45) is 0 Å². The first-order valence-electron chi connectivity index (χ1n) is 4.82. The summed E-state index contributed by atoms with van der Waals surface area (Å²) < 4.78 is 35.1. The molecular weight excluding hydrogens is 191 g/mol. The lowest BCUT2D eigenvalue weighted by atomic mass is 10.2. The summed E-state index contributed by atoms with van der Waals surface area (Å²) in [5.74, 6) is 0. The van der Waals surface area contributed by atoms with Crippen LogP contribution in [0.15, 0.2) is 11.6 Å². The third kappa shape index (κ3) is 11.5. The van der Waals surface area contributed by atoms with Crippen molar-refractivity contribution in [1.29, 1.82) is 0 Å². The van der Waals surface area contributed by atoms with Crippen LogP contribution in [0.25, 0.3) is 0 Å². The predicted molar refractivity (Wildman–Crippen MR) is 52.2 cm³/mol. The Bertz CT molecular complexity index is 169. The van der Waals surface area contributed by atoms with Crippen LogP contribution in [0.2, 0.25) is 0 Å². The second-order valence-electron chi connectivity index (χ2n) is 3.56. The smallest absolute Gasteiger partial charge is 0.313 e. The molecule has 0 rings (SSSR count). The average molecular weight is 209 g/mol. The summed E-state index contributed by atoms with van der Waals surface area (Å²) in [6.45, 7) is 5.38. The fourth-order valence-corrected chi connectivity index (χ4v) is 0.954. The first-order valence-corrected chi connectivity index (χ1v) is 4.82. The van der Waals surface area contributed by atoms with E-state index >= 15 is 0 Å². The van der Waals surface area contributed by atoms with Crippen molar-refractivity contribution in [3.05, 3.63) is 11.6 Å². The molecule has 0 bridgehead atoms. The SMILES string of the molecule is CC(C)=CCNCCCCC(F)(F)F. The van der Waals surface area contributed by atoms with Crippen molar-refractivity contribution in [2.45, 2.75) is 39.3 Å². The third-order valence-corrected chi connectivity index (χ3v) is 1.72. The van der Waals surface area contributed by atoms with Gasteiger partial charge in [0.15, 0.2) is 0 Å². The Morgan fingerprint density at radius 2 is 1.86 bits per heavy atom. The summed E-state index contributed by atoms with van der Waals surface area (Å²) in [6.07, 6.45) is -1.86. The third-order valence-electron chi connectivity index (χ3n) is 1.72. The van der Waals surface area contributed by atoms with E-state index in [0.29, 0.717) is 13.0 Å². The standard InChI is InChI=1S/C10H18F3N/c1-9(2)5-8-14-7-4-3-6-10(11,12)13/h5,14H,3-4,6-8H2,1-2H3. The molecular formula is C10H18F3N. The molecule has 1 nitrogen and oxygen atoms in total. The van der Waals surface area contributed by atoms with Crippen LogP contribution in [0.1, 0.15) is 33.1 Å². The van der Waals surface area contributed by atoms with Crippen LogP contribution >= 0.6 is 0 Å². The highest BCUT2D eigenvalue weighted by molar-refractivity contribution is 4.94. The number of alkyl halides is 3. The van der Waals surface area contributed by atoms with Crippen molar-refractivity contribution in [2.75, 3.05) is 13.1 Å². The van der Waals surface area contributed by atoms with Crippen LogP contribution in [-0.4, -0.2) is 19.3 Å². The Kier molecular flexibility index (Phi) is 6.62. The largest absolute Gasteiger partial charge is 0.389 e. The molecule has 0 aliphatic heterocycles. The highest BCUT2D eigenvalue weighted by atomic mass is 19.4. The summed E-state index contributed by atoms with van der Waals surface area (Å²) in [5.41, 5.74) is 1.22. The Morgan fingerprint density at radius 3 is 2.36 bits per heavy atom. The Labute approximate surface area is 83.4 Å². The summed E-state index contributed by atoms with van der Waals surface area (Å²) in [7, 11) is 0. The Morgan fingerprint density at radius 1 is 1.21 bits per heavy atom. The number of rotatable bonds is 6. The van der Waals surface area contributed by atoms with Crippen LogP contribution in [-0.2, 0) is 0 Å². The quantitative estimate of drug-likeness (QED) is 0.523. The number of halogens is 3. The lowest BCUT2D eigenvalue weighted by Crippen LogP contribution is -2.16. The molecule has 0 spiro atoms. The van der Waals surface area contributed by atoms with E-state index in [1.54, 1.807) is 0 Å². The highest BCUT2D eigenvalue weighted by Crippen LogP contribution is 2.21. The van der Waals surface area contributed by atoms with E-state index in [0.717, 1.165) is 6.54 Å². The molecule has 0 aromatic carbocycles. The number of nitrogens with one attached hydrogen (secondary N) is 1. The lowest BCUT2D eigenvalue weighted by Gasteiger charge is -2.05. The Hall–Kier alpha value is -0.510. The first kappa shape index (κ1) is 13.5. The molecule has 0 aliphatic carbocycles. The van der Waals surface area contributed by atoms with E-state index < -0.39 is 12.6 Å². The van der Waals surface area contributed by atoms with Gasteiger partial charge in [-0.15, -0.1) is 0 Å². The maximum Gasteiger partial charge on any atom is 0.389 e. The van der Waals surface area contributed by atoms with Crippen molar-refractivity contribution in [3.8, 4) is 0 Å². The molecule has 0 amide bonds. The van der Waals surface area contributed by atoms with Crippen molar-refractivity contribution in [3.63, 3.8) is 0 Å². The molecule has 0 aromatic heterocycles. The van der Waals surface area contributed by atoms with E-state index in [1.807, 2.05) is 19.9 Å². The van der Waals surface area contributed by atoms with Gasteiger partial charge in [0.05, 0.1) is 0 Å². The van der Waals surface area contributed by atoms with Crippen molar-refractivity contribution >= 4 is 0 Å². The average Bonchev–Trinajstić information content (AvgIpc) is 2.00. The molecule has 0 aromatic rings. The molecule has 0 aliphatic rings. The van der Waals surface area contributed by atoms with Gasteiger partial charge in [0.25, 0.3) is 0 Å². The maximum atomic E-state index is 11.7. The zero-order chi connectivity index (χ0) is 11.0. The van der Waals surface area contributed by atoms with Crippen molar-refractivity contribution < 1.29 is 13.2 Å². The molecule has 0 fully saturated rings. The molecule has 0 heterocycles. The van der Waals surface area contributed by atoms with Crippen LogP contribution in [0.3, 0.4) is 0 Å². The summed E-state index contributed by atoms with van der Waals surface area (Å²) in [5, 5.41) is 3.06. The van der Waals surface area contributed by atoms with E-state index in [4.69, 9.17) is 0 Å². The second-order valence-corrected chi connectivity index (χ2v) is 3.56. The van der Waals surface area contributed by atoms with Crippen LogP contribution in [0.5, 0.6) is 0 Å². The van der Waals surface area contributed by atoms with E-state index in [1.165, 1.54) is 5.57 Å². The van der Waals surface area contributed by atoms with Gasteiger partial charge in [-0.3, -0.25) is 0 Å². The monoisotopic (exact) mass is 209 g/mol. The van der Waals surface area contributed by atoms with Gasteiger partial charge in [0.2, 0.25) is 0 Å². The molecule has 4 heteroatoms. The lowest BCUT2D eigenvalue weighted by molar-refractivity contribution is -0.135. The van der Waals surface area contributed by atoms with Gasteiger partial charge in [-0.2, -0.15) is 13.2 Å². The van der Waals surface area contributed by atoms with Gasteiger partial charge in [-0.25, -0.2) is 0 Å². The minimum absolute atomic E-state index is 0.214. The van der Waals surface area contributed by atoms with Crippen LogP contribution in [0.4, 0.5) is 13.2 Å². The summed E-state index contributed by atoms with van der Waals surface area (Å²) >= 11 is 0. The van der Waals surface area contributed by atoms with Gasteiger partial charge in [0.1, 0.15) is 0 Å². The van der Waals surface area contributed by atoms with E-state index in [-0.39, 0.29) is 6.42 Å². The van der Waals surface area contributed by atoms with Gasteiger partial charge >= 0.3 is 6.18 Å². The number of hydrogen-bond acceptors (Lipinski definition) is 1. The van der Waals surface area contributed by atoms with Gasteiger partial charge < -0.3 is 5.32 Å². The Balaban J connectivity index is 3.19. The molecule has 84 valence electrons. The molecule has 14 heavy (non-hydrogen) atoms. The molecule has 0 saturated carbocycles. The number of hydrogen-bond donors (Lipinski definition) is 1. The maximum absolute atomic E-state index is 11.7. The predicted octanol–water partition coefficient (Wildman–Crippen LogP) is 3.27. The van der Waals surface area contributed by atoms with Crippen LogP contribution < -0.4 is 5.32 Å². The van der Waals surface area contributed by atoms with E-state index in [2.05, 4.69) is 5.32 Å². The topological polar surface area (TPSA) is 12.0 Å². The molecule has 0 saturated heterocycles. The summed E-state index contributed by atoms with van der Waals surface area (Å²) in [4.78, 5) is 0. The molecule has 0 radical (unpaired) electrons. The van der Waals surface area contributed by atoms with E-state index in [9.17, 15) is 13.2 Å². The molecule has 1 N–H and O–H groups in total.